The van der Waals surface area contributed by atoms with Gasteiger partial charge in [-0.2, -0.15) is 49.8 Å². The molecule has 24 heteroatoms. The quantitative estimate of drug-likeness (QED) is 0.0517. The second-order valence-corrected chi connectivity index (χ2v) is 30.0. The number of nitrogens with one attached hydrogen (secondary N) is 3. The van der Waals surface area contributed by atoms with Gasteiger partial charge in [-0.1, -0.05) is 45.0 Å². The molecule has 0 aliphatic rings. The minimum Gasteiger partial charge on any atom is -0.418 e. The molecule has 12 aromatic rings. The fourth-order valence-electron chi connectivity index (χ4n) is 9.44. The highest BCUT2D eigenvalue weighted by molar-refractivity contribution is 7.18. The van der Waals surface area contributed by atoms with Crippen LogP contribution in [0.1, 0.15) is 88.0 Å². The summed E-state index contributed by atoms with van der Waals surface area (Å²) in [6.07, 6.45) is 0.782. The molecule has 6 heterocycles. The molecular formula is C69H57N15O5S3Si. The molecule has 0 aliphatic carbocycles. The number of benzene rings is 6. The van der Waals surface area contributed by atoms with Crippen molar-refractivity contribution in [2.24, 2.45) is 0 Å². The normalized spacial score (nSPS) is 12.7. The molecule has 0 bridgehead atoms. The van der Waals surface area contributed by atoms with E-state index in [4.69, 9.17) is 53.2 Å². The van der Waals surface area contributed by atoms with Gasteiger partial charge in [0, 0.05) is 64.0 Å². The maximum Gasteiger partial charge on any atom is 0.264 e. The lowest BCUT2D eigenvalue weighted by Crippen LogP contribution is -2.45. The molecule has 6 aromatic carbocycles. The molecule has 4 N–H and O–H groups in total. The van der Waals surface area contributed by atoms with Crippen molar-refractivity contribution in [1.29, 1.82) is 15.8 Å². The first-order valence-electron chi connectivity index (χ1n) is 28.9. The van der Waals surface area contributed by atoms with Crippen molar-refractivity contribution in [2.75, 3.05) is 16.0 Å². The van der Waals surface area contributed by atoms with Crippen LogP contribution in [0.15, 0.2) is 163 Å². The first-order valence-corrected chi connectivity index (χ1v) is 34.4. The van der Waals surface area contributed by atoms with Crippen molar-refractivity contribution >= 4 is 112 Å². The van der Waals surface area contributed by atoms with E-state index in [0.717, 1.165) is 58.4 Å². The summed E-state index contributed by atoms with van der Waals surface area (Å²) in [6.45, 7) is 38.7. The summed E-state index contributed by atoms with van der Waals surface area (Å²) < 4.78 is 27.3. The number of nitriles is 3. The lowest BCUT2D eigenvalue weighted by atomic mass is 10.1. The van der Waals surface area contributed by atoms with Crippen molar-refractivity contribution in [3.63, 3.8) is 0 Å². The molecule has 0 amide bonds. The van der Waals surface area contributed by atoms with E-state index in [1.165, 1.54) is 11.3 Å². The summed E-state index contributed by atoms with van der Waals surface area (Å²) in [5, 5.41) is 81.3. The van der Waals surface area contributed by atoms with Crippen LogP contribution in [0.25, 0.3) is 84.9 Å². The van der Waals surface area contributed by atoms with E-state index < -0.39 is 26.5 Å². The summed E-state index contributed by atoms with van der Waals surface area (Å²) in [5.41, 5.74) is 8.92. The molecule has 0 spiro atoms. The van der Waals surface area contributed by atoms with E-state index in [1.807, 2.05) is 78.5 Å². The highest BCUT2D eigenvalue weighted by Gasteiger charge is 2.41. The third kappa shape index (κ3) is 14.4. The lowest BCUT2D eigenvalue weighted by Gasteiger charge is -2.40. The molecule has 93 heavy (non-hydrogen) atoms. The second kappa shape index (κ2) is 28.3. The molecule has 460 valence electrons. The van der Waals surface area contributed by atoms with E-state index in [9.17, 15) is 5.11 Å². The molecule has 0 unspecified atom stereocenters. The van der Waals surface area contributed by atoms with Crippen molar-refractivity contribution in [3.05, 3.63) is 218 Å². The number of rotatable bonds is 16. The van der Waals surface area contributed by atoms with Gasteiger partial charge < -0.3 is 38.7 Å². The number of hydrogen-bond donors (Lipinski definition) is 4. The Morgan fingerprint density at radius 3 is 1.31 bits per heavy atom. The minimum absolute atomic E-state index is 0.0339. The number of thiophene rings is 3. The summed E-state index contributed by atoms with van der Waals surface area (Å²) in [5.74, 6) is 2.09. The molecule has 0 radical (unpaired) electrons. The van der Waals surface area contributed by atoms with Crippen LogP contribution in [0.4, 0.5) is 34.1 Å². The summed E-state index contributed by atoms with van der Waals surface area (Å²) in [4.78, 5) is 10.8. The van der Waals surface area contributed by atoms with E-state index in [1.54, 1.807) is 115 Å². The number of hydrogen-bond acceptors (Lipinski definition) is 20. The number of allylic oxidation sites excluding steroid dienone is 1. The van der Waals surface area contributed by atoms with Gasteiger partial charge in [0.25, 0.3) is 5.89 Å². The largest absolute Gasteiger partial charge is 0.418 e. The van der Waals surface area contributed by atoms with Crippen molar-refractivity contribution in [1.82, 2.24) is 30.6 Å². The van der Waals surface area contributed by atoms with Crippen LogP contribution in [-0.4, -0.2) is 56.2 Å². The Morgan fingerprint density at radius 2 is 0.925 bits per heavy atom. The minimum atomic E-state index is -2.10. The van der Waals surface area contributed by atoms with Crippen LogP contribution in [0.3, 0.4) is 0 Å². The predicted molar refractivity (Wildman–Crippen MR) is 367 cm³/mol. The van der Waals surface area contributed by atoms with Crippen molar-refractivity contribution in [3.8, 4) is 52.6 Å². The Labute approximate surface area is 548 Å². The fourth-order valence-corrected chi connectivity index (χ4v) is 13.5. The second-order valence-electron chi connectivity index (χ2n) is 22.5. The van der Waals surface area contributed by atoms with Crippen LogP contribution in [-0.2, 0) is 4.43 Å². The van der Waals surface area contributed by atoms with Gasteiger partial charge in [-0.05, 0) is 164 Å². The zero-order valence-corrected chi connectivity index (χ0v) is 54.9. The molecule has 20 nitrogen and oxygen atoms in total. The summed E-state index contributed by atoms with van der Waals surface area (Å²) in [6, 6.07) is 43.0. The topological polar surface area (TPSA) is 267 Å². The maximum absolute atomic E-state index is 10.3. The van der Waals surface area contributed by atoms with Crippen LogP contribution < -0.4 is 16.0 Å². The van der Waals surface area contributed by atoms with Gasteiger partial charge in [0.15, 0.2) is 8.32 Å². The summed E-state index contributed by atoms with van der Waals surface area (Å²) >= 11 is 4.59. The van der Waals surface area contributed by atoms with Crippen LogP contribution >= 0.6 is 34.0 Å². The summed E-state index contributed by atoms with van der Waals surface area (Å²) in [7, 11) is -2.10. The molecule has 0 aliphatic heterocycles. The van der Waals surface area contributed by atoms with Crippen LogP contribution in [0, 0.1) is 53.7 Å². The third-order valence-electron chi connectivity index (χ3n) is 15.4. The first-order chi connectivity index (χ1) is 44.9. The first kappa shape index (κ1) is 64.8. The molecule has 6 aromatic heterocycles. The van der Waals surface area contributed by atoms with Crippen LogP contribution in [0.2, 0.25) is 18.1 Å². The Morgan fingerprint density at radius 1 is 0.548 bits per heavy atom. The number of anilines is 3. The fraction of sp³-hybridized carbons (Fsp3) is 0.188. The standard InChI is InChI=1S/C27H29N5O2SSi.C21H15N5O2S.C21H13N5OS/c1-17(34-36(6,7)27(2,3)4)23(30-21-12-13-22(29-5)24-20(21)14-15-35-24)26-32-31-25(33-26)19-10-8-18(16-28)9-11-19;1-12(27)18(24-16-7-8-17(23-2)19-15(16)9-10-29-19)21-26-25-20(28-21)14-5-3-13(11-22)4-6-14;1-3-16(24-17-8-9-18(23-2)19-15(17)10-11-28-19)21-26-25-20(27-21)14-6-4-13(12-22)5-7-14/h8-15,17,23,30H,1-4,6-7H3;3-10,12,18,24,27H,1H3;3-11,24H,1H3/t17-,23+;12-,18+;/m00./s1. The molecule has 4 atom stereocenters. The molecule has 0 saturated carbocycles. The smallest absolute Gasteiger partial charge is 0.264 e. The highest BCUT2D eigenvalue weighted by Crippen LogP contribution is 2.43. The number of aliphatic hydroxyl groups is 1. The third-order valence-corrected chi connectivity index (χ3v) is 22.8. The molecule has 0 fully saturated rings. The average Bonchev–Trinajstić information content (AvgIpc) is 1.81. The van der Waals surface area contributed by atoms with E-state index in [0.29, 0.717) is 74.5 Å². The van der Waals surface area contributed by atoms with E-state index >= 15 is 0 Å². The molecule has 12 rings (SSSR count). The number of nitrogens with zero attached hydrogens (tertiary/aromatic N) is 12. The predicted octanol–water partition coefficient (Wildman–Crippen LogP) is 18.7. The number of fused-ring (bicyclic) bond motifs is 3. The Kier molecular flexibility index (Phi) is 19.7. The van der Waals surface area contributed by atoms with Gasteiger partial charge in [0.1, 0.15) is 12.1 Å². The van der Waals surface area contributed by atoms with E-state index in [2.05, 4.69) is 113 Å². The van der Waals surface area contributed by atoms with Gasteiger partial charge in [-0.15, -0.1) is 30.6 Å². The van der Waals surface area contributed by atoms with Crippen molar-refractivity contribution < 1.29 is 22.8 Å². The molecular weight excluding hydrogens is 1240 g/mol. The van der Waals surface area contributed by atoms with Gasteiger partial charge >= 0.3 is 0 Å². The van der Waals surface area contributed by atoms with Gasteiger partial charge in [-0.25, -0.2) is 14.5 Å². The van der Waals surface area contributed by atoms with Crippen molar-refractivity contribution in [2.45, 2.75) is 84.0 Å². The zero-order chi connectivity index (χ0) is 66.0. The monoisotopic (exact) mass is 1300 g/mol. The van der Waals surface area contributed by atoms with Gasteiger partial charge in [0.2, 0.25) is 46.5 Å². The Bertz CT molecular complexity index is 4960. The van der Waals surface area contributed by atoms with E-state index in [-0.39, 0.29) is 17.0 Å². The lowest BCUT2D eigenvalue weighted by molar-refractivity contribution is 0.160. The maximum atomic E-state index is 10.3. The number of aliphatic hydroxyl groups excluding tert-OH is 1. The SMILES string of the molecule is [C-]#[N+]c1ccc(NC(=CC)c2nnc(-c3ccc(C#N)cc3)o2)c2ccsc12.[C-]#[N+]c1ccc(N[C@@H](c2nnc(-c3ccc(C#N)cc3)o2)[C@H](C)O)c2ccsc12.[C-]#[N+]c1ccc(N[C@@H](c2nnc(-c3ccc(C#N)cc3)o2)[C@H](C)O[Si](C)(C)C(C)(C)C)c2ccsc12. The van der Waals surface area contributed by atoms with Gasteiger partial charge in [0.05, 0.1) is 72.5 Å². The highest BCUT2D eigenvalue weighted by atomic mass is 32.1. The zero-order valence-electron chi connectivity index (χ0n) is 51.4. The van der Waals surface area contributed by atoms with Gasteiger partial charge in [-0.3, -0.25) is 0 Å². The number of aromatic nitrogens is 6. The average molecular weight is 1300 g/mol. The molecule has 0 saturated heterocycles. The Balaban J connectivity index is 0.000000154. The van der Waals surface area contributed by atoms with Crippen LogP contribution in [0.5, 0.6) is 0 Å². The Hall–Kier alpha value is -11.2.